The number of carbonyl (C=O) groups is 1. The molecule has 4 unspecified atom stereocenters. The zero-order valence-electron chi connectivity index (χ0n) is 14.8. The van der Waals surface area contributed by atoms with E-state index in [0.717, 1.165) is 21.9 Å². The van der Waals surface area contributed by atoms with Gasteiger partial charge in [-0.2, -0.15) is 5.26 Å². The number of benzene rings is 1. The zero-order valence-corrected chi connectivity index (χ0v) is 14.8. The fourth-order valence-electron chi connectivity index (χ4n) is 5.45. The normalized spacial score (nSPS) is 29.4. The highest BCUT2D eigenvalue weighted by atomic mass is 16.1. The van der Waals surface area contributed by atoms with Crippen molar-refractivity contribution in [2.45, 2.75) is 25.8 Å². The summed E-state index contributed by atoms with van der Waals surface area (Å²) < 4.78 is 0. The topological polar surface area (TPSA) is 91.8 Å². The fraction of sp³-hybridized carbons (Fsp3) is 0.381. The van der Waals surface area contributed by atoms with Gasteiger partial charge < -0.3 is 11.1 Å². The second kappa shape index (κ2) is 5.30. The molecule has 130 valence electrons. The fourth-order valence-corrected chi connectivity index (χ4v) is 5.45. The molecule has 1 saturated heterocycles. The van der Waals surface area contributed by atoms with Crippen molar-refractivity contribution in [2.24, 2.45) is 22.5 Å². The molecule has 26 heavy (non-hydrogen) atoms. The number of aromatic nitrogens is 1. The molecule has 1 aliphatic carbocycles. The zero-order chi connectivity index (χ0) is 18.7. The number of carbonyl (C=O) groups excluding carboxylic acids is 1. The third kappa shape index (κ3) is 1.79. The summed E-state index contributed by atoms with van der Waals surface area (Å²) in [5.74, 6) is 1.98. The van der Waals surface area contributed by atoms with Gasteiger partial charge in [0.15, 0.2) is 0 Å². The Hall–Kier alpha value is -2.89. The van der Waals surface area contributed by atoms with Crippen LogP contribution in [-0.2, 0) is 4.79 Å². The molecular formula is C21H20N4O. The van der Waals surface area contributed by atoms with Crippen molar-refractivity contribution < 1.29 is 4.79 Å². The van der Waals surface area contributed by atoms with Crippen LogP contribution in [0.4, 0.5) is 0 Å². The molecule has 1 aromatic carbocycles. The standard InChI is InChI=1S/C21H20N4O/c1-4-12-6-5-7-13-9-24-10-14(17(12)13)15(8-22)21-16(20(21,2)3)11-25-18(21)19(23)26/h1,5-7,9-10,15-16,18,25H,11H2,2-3H3,(H2,23,26). The van der Waals surface area contributed by atoms with Crippen LogP contribution in [0.5, 0.6) is 0 Å². The summed E-state index contributed by atoms with van der Waals surface area (Å²) in [6.07, 6.45) is 9.18. The molecular weight excluding hydrogens is 324 g/mol. The third-order valence-corrected chi connectivity index (χ3v) is 6.65. The van der Waals surface area contributed by atoms with Gasteiger partial charge >= 0.3 is 0 Å². The van der Waals surface area contributed by atoms with E-state index in [1.165, 1.54) is 0 Å². The van der Waals surface area contributed by atoms with Crippen LogP contribution in [0.3, 0.4) is 0 Å². The molecule has 2 heterocycles. The highest BCUT2D eigenvalue weighted by molar-refractivity contribution is 5.92. The number of hydrogen-bond donors (Lipinski definition) is 2. The van der Waals surface area contributed by atoms with Crippen LogP contribution in [0.1, 0.15) is 30.9 Å². The van der Waals surface area contributed by atoms with Gasteiger partial charge in [-0.3, -0.25) is 9.78 Å². The Balaban J connectivity index is 1.99. The van der Waals surface area contributed by atoms with Crippen molar-refractivity contribution >= 4 is 16.7 Å². The molecule has 2 fully saturated rings. The Kier molecular flexibility index (Phi) is 3.38. The number of hydrogen-bond acceptors (Lipinski definition) is 4. The van der Waals surface area contributed by atoms with E-state index in [1.54, 1.807) is 12.4 Å². The first-order valence-corrected chi connectivity index (χ1v) is 8.66. The lowest BCUT2D eigenvalue weighted by Crippen LogP contribution is -2.48. The largest absolute Gasteiger partial charge is 0.368 e. The van der Waals surface area contributed by atoms with E-state index >= 15 is 0 Å². The predicted molar refractivity (Wildman–Crippen MR) is 98.7 cm³/mol. The minimum atomic E-state index is -0.550. The van der Waals surface area contributed by atoms with Crippen LogP contribution >= 0.6 is 0 Å². The van der Waals surface area contributed by atoms with Gasteiger partial charge in [-0.25, -0.2) is 0 Å². The summed E-state index contributed by atoms with van der Waals surface area (Å²) in [5.41, 5.74) is 6.49. The van der Waals surface area contributed by atoms with Gasteiger partial charge in [-0.15, -0.1) is 6.42 Å². The highest BCUT2D eigenvalue weighted by Crippen LogP contribution is 2.78. The van der Waals surface area contributed by atoms with Crippen molar-refractivity contribution in [3.8, 4) is 18.4 Å². The number of piperidine rings is 1. The molecule has 0 spiro atoms. The number of amides is 1. The van der Waals surface area contributed by atoms with Crippen molar-refractivity contribution in [3.63, 3.8) is 0 Å². The van der Waals surface area contributed by atoms with Gasteiger partial charge in [0, 0.05) is 34.1 Å². The number of nitrogens with one attached hydrogen (secondary N) is 1. The van der Waals surface area contributed by atoms with E-state index in [4.69, 9.17) is 12.2 Å². The van der Waals surface area contributed by atoms with Crippen molar-refractivity contribution in [2.75, 3.05) is 6.54 Å². The number of fused-ring (bicyclic) bond motifs is 2. The quantitative estimate of drug-likeness (QED) is 0.832. The second-order valence-electron chi connectivity index (χ2n) is 7.79. The van der Waals surface area contributed by atoms with Crippen molar-refractivity contribution in [1.82, 2.24) is 10.3 Å². The molecule has 1 saturated carbocycles. The summed E-state index contributed by atoms with van der Waals surface area (Å²) in [7, 11) is 0. The minimum absolute atomic E-state index is 0.175. The Morgan fingerprint density at radius 2 is 2.23 bits per heavy atom. The number of nitrogens with zero attached hydrogens (tertiary/aromatic N) is 2. The van der Waals surface area contributed by atoms with Crippen LogP contribution in [0.2, 0.25) is 0 Å². The van der Waals surface area contributed by atoms with Gasteiger partial charge in [0.25, 0.3) is 0 Å². The average Bonchev–Trinajstić information content (AvgIpc) is 2.95. The number of pyridine rings is 1. The molecule has 0 radical (unpaired) electrons. The van der Waals surface area contributed by atoms with Crippen LogP contribution in [0.15, 0.2) is 30.6 Å². The number of nitrogens with two attached hydrogens (primary N) is 1. The van der Waals surface area contributed by atoms with Gasteiger partial charge in [0.2, 0.25) is 5.91 Å². The molecule has 4 rings (SSSR count). The lowest BCUT2D eigenvalue weighted by Gasteiger charge is -2.31. The third-order valence-electron chi connectivity index (χ3n) is 6.65. The minimum Gasteiger partial charge on any atom is -0.368 e. The molecule has 1 aromatic heterocycles. The number of primary amides is 1. The molecule has 5 heteroatoms. The predicted octanol–water partition coefficient (Wildman–Crippen LogP) is 1.92. The Morgan fingerprint density at radius 1 is 1.46 bits per heavy atom. The van der Waals surface area contributed by atoms with E-state index < -0.39 is 23.3 Å². The van der Waals surface area contributed by atoms with Crippen LogP contribution < -0.4 is 11.1 Å². The Bertz CT molecular complexity index is 1010. The van der Waals surface area contributed by atoms with E-state index in [-0.39, 0.29) is 11.3 Å². The van der Waals surface area contributed by atoms with E-state index in [1.807, 2.05) is 18.2 Å². The second-order valence-corrected chi connectivity index (χ2v) is 7.79. The molecule has 1 aliphatic heterocycles. The maximum absolute atomic E-state index is 12.2. The molecule has 1 amide bonds. The summed E-state index contributed by atoms with van der Waals surface area (Å²) in [6, 6.07) is 7.62. The van der Waals surface area contributed by atoms with E-state index in [9.17, 15) is 10.1 Å². The van der Waals surface area contributed by atoms with Crippen molar-refractivity contribution in [3.05, 3.63) is 41.7 Å². The smallest absolute Gasteiger partial charge is 0.235 e. The number of nitriles is 1. The van der Waals surface area contributed by atoms with E-state index in [2.05, 4.69) is 36.1 Å². The highest BCUT2D eigenvalue weighted by Gasteiger charge is 2.81. The molecule has 0 bridgehead atoms. The van der Waals surface area contributed by atoms with Crippen LogP contribution in [0, 0.1) is 40.4 Å². The molecule has 2 aromatic rings. The Morgan fingerprint density at radius 3 is 2.85 bits per heavy atom. The first-order chi connectivity index (χ1) is 12.4. The SMILES string of the molecule is C#Cc1cccc2cncc(C(C#N)C34C(C(N)=O)NCC3C4(C)C)c12. The maximum atomic E-state index is 12.2. The average molecular weight is 344 g/mol. The first-order valence-electron chi connectivity index (χ1n) is 8.66. The van der Waals surface area contributed by atoms with E-state index in [0.29, 0.717) is 6.54 Å². The van der Waals surface area contributed by atoms with Crippen LogP contribution in [0.25, 0.3) is 10.8 Å². The Labute approximate surface area is 152 Å². The van der Waals surface area contributed by atoms with Gasteiger partial charge in [-0.05, 0) is 29.5 Å². The van der Waals surface area contributed by atoms with Crippen molar-refractivity contribution in [1.29, 1.82) is 5.26 Å². The summed E-state index contributed by atoms with van der Waals surface area (Å²) in [5, 5.41) is 15.2. The first kappa shape index (κ1) is 16.6. The summed E-state index contributed by atoms with van der Waals surface area (Å²) in [6.45, 7) is 4.90. The monoisotopic (exact) mass is 344 g/mol. The summed E-state index contributed by atoms with van der Waals surface area (Å²) >= 11 is 0. The van der Waals surface area contributed by atoms with Gasteiger partial charge in [0.05, 0.1) is 18.0 Å². The molecule has 4 atom stereocenters. The molecule has 3 N–H and O–H groups in total. The lowest BCUT2D eigenvalue weighted by molar-refractivity contribution is -0.121. The number of rotatable bonds is 3. The van der Waals surface area contributed by atoms with Gasteiger partial charge in [0.1, 0.15) is 0 Å². The molecule has 2 aliphatic rings. The summed E-state index contributed by atoms with van der Waals surface area (Å²) in [4.78, 5) is 16.5. The maximum Gasteiger partial charge on any atom is 0.235 e. The lowest BCUT2D eigenvalue weighted by atomic mass is 9.73. The molecule has 5 nitrogen and oxygen atoms in total. The number of terminal acetylenes is 1. The van der Waals surface area contributed by atoms with Gasteiger partial charge in [-0.1, -0.05) is 31.9 Å². The van der Waals surface area contributed by atoms with Crippen LogP contribution in [-0.4, -0.2) is 23.5 Å².